The van der Waals surface area contributed by atoms with E-state index in [9.17, 15) is 9.59 Å². The SMILES string of the molecule is CC(CN1CCCC1=O)NC(=O)c1ccoc1Cl. The minimum Gasteiger partial charge on any atom is -0.452 e. The van der Waals surface area contributed by atoms with Crippen LogP contribution in [0.4, 0.5) is 0 Å². The second-order valence-corrected chi connectivity index (χ2v) is 4.77. The number of hydrogen-bond acceptors (Lipinski definition) is 3. The van der Waals surface area contributed by atoms with Gasteiger partial charge in [-0.05, 0) is 31.0 Å². The molecule has 0 radical (unpaired) electrons. The molecule has 0 saturated carbocycles. The van der Waals surface area contributed by atoms with Gasteiger partial charge < -0.3 is 14.6 Å². The lowest BCUT2D eigenvalue weighted by Crippen LogP contribution is -2.42. The molecule has 1 unspecified atom stereocenters. The molecule has 1 saturated heterocycles. The molecule has 1 N–H and O–H groups in total. The minimum atomic E-state index is -0.284. The van der Waals surface area contributed by atoms with E-state index in [4.69, 9.17) is 16.0 Å². The fourth-order valence-corrected chi connectivity index (χ4v) is 2.23. The zero-order valence-corrected chi connectivity index (χ0v) is 10.9. The van der Waals surface area contributed by atoms with E-state index in [0.717, 1.165) is 13.0 Å². The van der Waals surface area contributed by atoms with Crippen molar-refractivity contribution in [3.63, 3.8) is 0 Å². The molecular formula is C12H15ClN2O3. The summed E-state index contributed by atoms with van der Waals surface area (Å²) in [5.74, 6) is -0.134. The smallest absolute Gasteiger partial charge is 0.256 e. The van der Waals surface area contributed by atoms with Crippen molar-refractivity contribution in [1.82, 2.24) is 10.2 Å². The standard InChI is InChI=1S/C12H15ClN2O3/c1-8(7-15-5-2-3-10(15)16)14-12(17)9-4-6-18-11(9)13/h4,6,8H,2-3,5,7H2,1H3,(H,14,17). The molecule has 0 aliphatic carbocycles. The number of carbonyl (C=O) groups is 2. The molecule has 1 aliphatic rings. The average molecular weight is 271 g/mol. The van der Waals surface area contributed by atoms with Gasteiger partial charge in [0.05, 0.1) is 11.8 Å². The van der Waals surface area contributed by atoms with Gasteiger partial charge in [-0.25, -0.2) is 0 Å². The molecule has 0 aromatic carbocycles. The van der Waals surface area contributed by atoms with E-state index in [1.165, 1.54) is 12.3 Å². The molecule has 1 aromatic heterocycles. The summed E-state index contributed by atoms with van der Waals surface area (Å²) in [7, 11) is 0. The van der Waals surface area contributed by atoms with E-state index in [0.29, 0.717) is 18.5 Å². The summed E-state index contributed by atoms with van der Waals surface area (Å²) in [6.45, 7) is 3.16. The van der Waals surface area contributed by atoms with Crippen molar-refractivity contribution >= 4 is 23.4 Å². The number of hydrogen-bond donors (Lipinski definition) is 1. The second-order valence-electron chi connectivity index (χ2n) is 4.43. The number of likely N-dealkylation sites (tertiary alicyclic amines) is 1. The van der Waals surface area contributed by atoms with Crippen LogP contribution in [0, 0.1) is 0 Å². The number of carbonyl (C=O) groups excluding carboxylic acids is 2. The van der Waals surface area contributed by atoms with Crippen LogP contribution in [0.1, 0.15) is 30.1 Å². The van der Waals surface area contributed by atoms with E-state index < -0.39 is 0 Å². The molecule has 6 heteroatoms. The van der Waals surface area contributed by atoms with Crippen LogP contribution in [0.25, 0.3) is 0 Å². The summed E-state index contributed by atoms with van der Waals surface area (Å²) in [6.07, 6.45) is 2.87. The minimum absolute atomic E-state index is 0.0805. The Morgan fingerprint density at radius 2 is 2.44 bits per heavy atom. The van der Waals surface area contributed by atoms with E-state index in [1.54, 1.807) is 4.90 Å². The summed E-state index contributed by atoms with van der Waals surface area (Å²) in [5, 5.41) is 2.87. The van der Waals surface area contributed by atoms with Gasteiger partial charge in [-0.2, -0.15) is 0 Å². The normalized spacial score (nSPS) is 17.0. The first kappa shape index (κ1) is 13.0. The van der Waals surface area contributed by atoms with Gasteiger partial charge in [-0.3, -0.25) is 9.59 Å². The van der Waals surface area contributed by atoms with Crippen LogP contribution < -0.4 is 5.32 Å². The number of nitrogens with one attached hydrogen (secondary N) is 1. The molecule has 1 aromatic rings. The van der Waals surface area contributed by atoms with E-state index in [2.05, 4.69) is 5.32 Å². The molecule has 0 bridgehead atoms. The molecule has 18 heavy (non-hydrogen) atoms. The number of furan rings is 1. The molecule has 98 valence electrons. The Kier molecular flexibility index (Phi) is 3.91. The van der Waals surface area contributed by atoms with Crippen molar-refractivity contribution in [2.75, 3.05) is 13.1 Å². The molecule has 2 rings (SSSR count). The highest BCUT2D eigenvalue weighted by Crippen LogP contribution is 2.16. The predicted molar refractivity (Wildman–Crippen MR) is 66.5 cm³/mol. The molecular weight excluding hydrogens is 256 g/mol. The van der Waals surface area contributed by atoms with Crippen LogP contribution in [0.3, 0.4) is 0 Å². The van der Waals surface area contributed by atoms with E-state index >= 15 is 0 Å². The Morgan fingerprint density at radius 3 is 3.00 bits per heavy atom. The van der Waals surface area contributed by atoms with Crippen LogP contribution in [-0.4, -0.2) is 35.8 Å². The lowest BCUT2D eigenvalue weighted by molar-refractivity contribution is -0.127. The van der Waals surface area contributed by atoms with Crippen LogP contribution >= 0.6 is 11.6 Å². The summed E-state index contributed by atoms with van der Waals surface area (Å²) in [6, 6.07) is 1.40. The van der Waals surface area contributed by atoms with Crippen LogP contribution in [0.2, 0.25) is 5.22 Å². The van der Waals surface area contributed by atoms with Crippen LogP contribution in [-0.2, 0) is 4.79 Å². The Hall–Kier alpha value is -1.49. The van der Waals surface area contributed by atoms with Crippen molar-refractivity contribution in [2.45, 2.75) is 25.8 Å². The van der Waals surface area contributed by atoms with Gasteiger partial charge in [-0.1, -0.05) is 0 Å². The predicted octanol–water partition coefficient (Wildman–Crippen LogP) is 1.67. The van der Waals surface area contributed by atoms with Gasteiger partial charge in [0.1, 0.15) is 0 Å². The second kappa shape index (κ2) is 5.44. The monoisotopic (exact) mass is 270 g/mol. The largest absolute Gasteiger partial charge is 0.452 e. The lowest BCUT2D eigenvalue weighted by atomic mass is 10.2. The fourth-order valence-electron chi connectivity index (χ4n) is 2.03. The van der Waals surface area contributed by atoms with E-state index in [1.807, 2.05) is 6.92 Å². The van der Waals surface area contributed by atoms with Gasteiger partial charge in [0.2, 0.25) is 11.1 Å². The molecule has 5 nitrogen and oxygen atoms in total. The maximum atomic E-state index is 11.8. The Balaban J connectivity index is 1.88. The lowest BCUT2D eigenvalue weighted by Gasteiger charge is -2.21. The first-order valence-corrected chi connectivity index (χ1v) is 6.27. The number of rotatable bonds is 4. The molecule has 1 atom stereocenters. The Labute approximate surface area is 110 Å². The van der Waals surface area contributed by atoms with Gasteiger partial charge in [-0.15, -0.1) is 0 Å². The van der Waals surface area contributed by atoms with Gasteiger partial charge in [0, 0.05) is 25.6 Å². The zero-order chi connectivity index (χ0) is 13.1. The van der Waals surface area contributed by atoms with Crippen molar-refractivity contribution in [1.29, 1.82) is 0 Å². The third kappa shape index (κ3) is 2.85. The van der Waals surface area contributed by atoms with Crippen molar-refractivity contribution in [3.05, 3.63) is 23.1 Å². The number of amides is 2. The van der Waals surface area contributed by atoms with Crippen molar-refractivity contribution in [3.8, 4) is 0 Å². The quantitative estimate of drug-likeness (QED) is 0.905. The van der Waals surface area contributed by atoms with E-state index in [-0.39, 0.29) is 23.1 Å². The fraction of sp³-hybridized carbons (Fsp3) is 0.500. The third-order valence-electron chi connectivity index (χ3n) is 2.91. The van der Waals surface area contributed by atoms with Crippen molar-refractivity contribution < 1.29 is 14.0 Å². The zero-order valence-electron chi connectivity index (χ0n) is 10.1. The molecule has 0 spiro atoms. The first-order valence-electron chi connectivity index (χ1n) is 5.89. The average Bonchev–Trinajstić information content (AvgIpc) is 2.88. The van der Waals surface area contributed by atoms with Crippen LogP contribution in [0.15, 0.2) is 16.7 Å². The van der Waals surface area contributed by atoms with Crippen LogP contribution in [0.5, 0.6) is 0 Å². The Morgan fingerprint density at radius 1 is 1.67 bits per heavy atom. The molecule has 1 aliphatic heterocycles. The molecule has 2 amide bonds. The van der Waals surface area contributed by atoms with Gasteiger partial charge in [0.25, 0.3) is 5.91 Å². The maximum Gasteiger partial charge on any atom is 0.256 e. The molecule has 1 fully saturated rings. The molecule has 2 heterocycles. The Bertz CT molecular complexity index is 458. The maximum absolute atomic E-state index is 11.8. The highest BCUT2D eigenvalue weighted by molar-refractivity contribution is 6.32. The van der Waals surface area contributed by atoms with Gasteiger partial charge >= 0.3 is 0 Å². The summed E-state index contributed by atoms with van der Waals surface area (Å²) in [5.41, 5.74) is 0.316. The summed E-state index contributed by atoms with van der Waals surface area (Å²) < 4.78 is 4.86. The highest BCUT2D eigenvalue weighted by atomic mass is 35.5. The summed E-state index contributed by atoms with van der Waals surface area (Å²) in [4.78, 5) is 25.1. The topological polar surface area (TPSA) is 62.6 Å². The number of nitrogens with zero attached hydrogens (tertiary/aromatic N) is 1. The number of halogens is 1. The summed E-state index contributed by atoms with van der Waals surface area (Å²) >= 11 is 5.72. The third-order valence-corrected chi connectivity index (χ3v) is 3.20. The van der Waals surface area contributed by atoms with Gasteiger partial charge in [0.15, 0.2) is 0 Å². The first-order chi connectivity index (χ1) is 8.58. The van der Waals surface area contributed by atoms with Crippen molar-refractivity contribution in [2.24, 2.45) is 0 Å². The highest BCUT2D eigenvalue weighted by Gasteiger charge is 2.23.